The van der Waals surface area contributed by atoms with Crippen molar-refractivity contribution in [2.75, 3.05) is 13.7 Å². The Morgan fingerprint density at radius 3 is 2.76 bits per heavy atom. The number of hydrogen-bond donors (Lipinski definition) is 0. The predicted octanol–water partition coefficient (Wildman–Crippen LogP) is 1.78. The second kappa shape index (κ2) is 5.48. The Morgan fingerprint density at radius 1 is 1.59 bits per heavy atom. The fourth-order valence-corrected chi connectivity index (χ4v) is 1.45. The number of carbonyl (C=O) groups excluding carboxylic acids is 2. The minimum Gasteiger partial charge on any atom is -0.465 e. The zero-order chi connectivity index (χ0) is 12.9. The van der Waals surface area contributed by atoms with Gasteiger partial charge in [0.25, 0.3) is 0 Å². The molecule has 0 bridgehead atoms. The molecule has 0 aromatic heterocycles. The molecule has 1 aliphatic carbocycles. The van der Waals surface area contributed by atoms with Gasteiger partial charge >= 0.3 is 11.9 Å². The number of rotatable bonds is 4. The second-order valence-electron chi connectivity index (χ2n) is 3.99. The van der Waals surface area contributed by atoms with Crippen molar-refractivity contribution < 1.29 is 19.1 Å². The summed E-state index contributed by atoms with van der Waals surface area (Å²) in [6, 6.07) is 0. The highest BCUT2D eigenvalue weighted by atomic mass is 16.5. The highest BCUT2D eigenvalue weighted by molar-refractivity contribution is 5.92. The number of carbonyl (C=O) groups is 2. The molecule has 0 aromatic rings. The number of allylic oxidation sites excluding steroid dienone is 1. The summed E-state index contributed by atoms with van der Waals surface area (Å²) in [5.74, 6) is -0.725. The molecule has 0 saturated heterocycles. The molecule has 0 aliphatic heterocycles. The van der Waals surface area contributed by atoms with Gasteiger partial charge < -0.3 is 9.47 Å². The molecule has 1 rings (SSSR count). The van der Waals surface area contributed by atoms with Crippen molar-refractivity contribution in [3.8, 4) is 0 Å². The van der Waals surface area contributed by atoms with E-state index in [1.165, 1.54) is 13.2 Å². The minimum absolute atomic E-state index is 0.190. The van der Waals surface area contributed by atoms with E-state index in [-0.39, 0.29) is 12.6 Å². The molecule has 1 aliphatic rings. The standard InChI is InChI=1S/C13H16O4/c1-4-9-17-12(15)13(2)7-5-10(6-8-13)11(14)16-3/h4-7H,1,8-9H2,2-3H3. The predicted molar refractivity (Wildman–Crippen MR) is 63.1 cm³/mol. The van der Waals surface area contributed by atoms with Gasteiger partial charge in [0.15, 0.2) is 0 Å². The smallest absolute Gasteiger partial charge is 0.337 e. The van der Waals surface area contributed by atoms with E-state index in [0.717, 1.165) is 0 Å². The van der Waals surface area contributed by atoms with Crippen molar-refractivity contribution in [1.82, 2.24) is 0 Å². The molecule has 0 fully saturated rings. The van der Waals surface area contributed by atoms with Gasteiger partial charge in [0.1, 0.15) is 6.61 Å². The molecule has 0 heterocycles. The highest BCUT2D eigenvalue weighted by Crippen LogP contribution is 2.31. The lowest BCUT2D eigenvalue weighted by Crippen LogP contribution is -2.29. The Hall–Kier alpha value is -1.84. The molecule has 0 amide bonds. The average Bonchev–Trinajstić information content (AvgIpc) is 2.35. The van der Waals surface area contributed by atoms with Crippen LogP contribution in [0.25, 0.3) is 0 Å². The topological polar surface area (TPSA) is 52.6 Å². The van der Waals surface area contributed by atoms with Crippen LogP contribution in [0, 0.1) is 5.41 Å². The summed E-state index contributed by atoms with van der Waals surface area (Å²) < 4.78 is 9.60. The largest absolute Gasteiger partial charge is 0.465 e. The third-order valence-electron chi connectivity index (χ3n) is 2.60. The molecule has 0 spiro atoms. The van der Waals surface area contributed by atoms with Crippen LogP contribution >= 0.6 is 0 Å². The number of methoxy groups -OCH3 is 1. The molecule has 0 saturated carbocycles. The van der Waals surface area contributed by atoms with Crippen molar-refractivity contribution in [3.63, 3.8) is 0 Å². The van der Waals surface area contributed by atoms with Gasteiger partial charge in [0.2, 0.25) is 0 Å². The lowest BCUT2D eigenvalue weighted by molar-refractivity contribution is -0.150. The van der Waals surface area contributed by atoms with Gasteiger partial charge in [-0.05, 0) is 13.3 Å². The van der Waals surface area contributed by atoms with E-state index in [0.29, 0.717) is 12.0 Å². The van der Waals surface area contributed by atoms with E-state index in [1.54, 1.807) is 25.2 Å². The summed E-state index contributed by atoms with van der Waals surface area (Å²) in [7, 11) is 1.32. The first-order chi connectivity index (χ1) is 8.03. The first-order valence-corrected chi connectivity index (χ1v) is 5.29. The van der Waals surface area contributed by atoms with E-state index in [4.69, 9.17) is 4.74 Å². The quantitative estimate of drug-likeness (QED) is 0.551. The Balaban J connectivity index is 2.70. The van der Waals surface area contributed by atoms with Gasteiger partial charge in [-0.3, -0.25) is 4.79 Å². The van der Waals surface area contributed by atoms with Crippen molar-refractivity contribution in [2.45, 2.75) is 13.3 Å². The number of ether oxygens (including phenoxy) is 2. The van der Waals surface area contributed by atoms with E-state index < -0.39 is 11.4 Å². The van der Waals surface area contributed by atoms with Gasteiger partial charge in [-0.15, -0.1) is 0 Å². The monoisotopic (exact) mass is 236 g/mol. The summed E-state index contributed by atoms with van der Waals surface area (Å²) in [4.78, 5) is 23.0. The Bertz CT molecular complexity index is 392. The van der Waals surface area contributed by atoms with E-state index in [9.17, 15) is 9.59 Å². The molecule has 0 aromatic carbocycles. The lowest BCUT2D eigenvalue weighted by atomic mass is 9.82. The average molecular weight is 236 g/mol. The van der Waals surface area contributed by atoms with Crippen LogP contribution in [0.15, 0.2) is 36.5 Å². The van der Waals surface area contributed by atoms with Crippen molar-refractivity contribution in [1.29, 1.82) is 0 Å². The Kier molecular flexibility index (Phi) is 4.26. The number of esters is 2. The van der Waals surface area contributed by atoms with Gasteiger partial charge in [0.05, 0.1) is 18.1 Å². The SMILES string of the molecule is C=CCOC(=O)C1(C)C=CC(C(=O)OC)=CC1. The highest BCUT2D eigenvalue weighted by Gasteiger charge is 2.33. The van der Waals surface area contributed by atoms with Gasteiger partial charge in [-0.2, -0.15) is 0 Å². The van der Waals surface area contributed by atoms with E-state index >= 15 is 0 Å². The maximum Gasteiger partial charge on any atom is 0.337 e. The summed E-state index contributed by atoms with van der Waals surface area (Å²) in [6.07, 6.45) is 6.88. The zero-order valence-electron chi connectivity index (χ0n) is 10.1. The third kappa shape index (κ3) is 3.06. The second-order valence-corrected chi connectivity index (χ2v) is 3.99. The van der Waals surface area contributed by atoms with Crippen LogP contribution in [0.4, 0.5) is 0 Å². The summed E-state index contributed by atoms with van der Waals surface area (Å²) in [5, 5.41) is 0. The Morgan fingerprint density at radius 2 is 2.29 bits per heavy atom. The van der Waals surface area contributed by atoms with Crippen LogP contribution in [0.3, 0.4) is 0 Å². The van der Waals surface area contributed by atoms with Gasteiger partial charge in [0, 0.05) is 0 Å². The molecule has 92 valence electrons. The van der Waals surface area contributed by atoms with Crippen LogP contribution in [0.2, 0.25) is 0 Å². The van der Waals surface area contributed by atoms with Gasteiger partial charge in [-0.25, -0.2) is 4.79 Å². The maximum absolute atomic E-state index is 11.8. The summed E-state index contributed by atoms with van der Waals surface area (Å²) in [5.41, 5.74) is -0.262. The van der Waals surface area contributed by atoms with Gasteiger partial charge in [-0.1, -0.05) is 30.9 Å². The molecular weight excluding hydrogens is 220 g/mol. The van der Waals surface area contributed by atoms with Crippen molar-refractivity contribution >= 4 is 11.9 Å². The lowest BCUT2D eigenvalue weighted by Gasteiger charge is -2.24. The first kappa shape index (κ1) is 13.2. The molecule has 4 nitrogen and oxygen atoms in total. The van der Waals surface area contributed by atoms with Crippen LogP contribution in [-0.4, -0.2) is 25.7 Å². The summed E-state index contributed by atoms with van der Waals surface area (Å²) >= 11 is 0. The molecule has 1 atom stereocenters. The first-order valence-electron chi connectivity index (χ1n) is 5.29. The maximum atomic E-state index is 11.8. The van der Waals surface area contributed by atoms with Crippen molar-refractivity contribution in [3.05, 3.63) is 36.5 Å². The van der Waals surface area contributed by atoms with Crippen molar-refractivity contribution in [2.24, 2.45) is 5.41 Å². The molecule has 1 unspecified atom stereocenters. The molecular formula is C13H16O4. The molecule has 0 N–H and O–H groups in total. The molecule has 0 radical (unpaired) electrons. The normalized spacial score (nSPS) is 22.6. The molecule has 4 heteroatoms. The number of hydrogen-bond acceptors (Lipinski definition) is 4. The Labute approximate surface area is 101 Å². The zero-order valence-corrected chi connectivity index (χ0v) is 10.1. The van der Waals surface area contributed by atoms with Crippen LogP contribution < -0.4 is 0 Å². The minimum atomic E-state index is -0.722. The van der Waals surface area contributed by atoms with Crippen LogP contribution in [0.1, 0.15) is 13.3 Å². The fraction of sp³-hybridized carbons (Fsp3) is 0.385. The van der Waals surface area contributed by atoms with E-state index in [1.807, 2.05) is 0 Å². The van der Waals surface area contributed by atoms with Crippen LogP contribution in [-0.2, 0) is 19.1 Å². The van der Waals surface area contributed by atoms with E-state index in [2.05, 4.69) is 11.3 Å². The van der Waals surface area contributed by atoms with Crippen LogP contribution in [0.5, 0.6) is 0 Å². The summed E-state index contributed by atoms with van der Waals surface area (Å²) in [6.45, 7) is 5.43. The fourth-order valence-electron chi connectivity index (χ4n) is 1.45. The molecule has 17 heavy (non-hydrogen) atoms. The third-order valence-corrected chi connectivity index (χ3v) is 2.60.